The number of aromatic hydroxyl groups is 1. The van der Waals surface area contributed by atoms with E-state index in [0.29, 0.717) is 11.3 Å². The largest absolute Gasteiger partial charge is 0.508 e. The molecule has 5 nitrogen and oxygen atoms in total. The number of ketones is 1. The van der Waals surface area contributed by atoms with Gasteiger partial charge in [0.2, 0.25) is 0 Å². The molecule has 1 unspecified atom stereocenters. The molecule has 0 aromatic heterocycles. The van der Waals surface area contributed by atoms with Gasteiger partial charge in [-0.2, -0.15) is 0 Å². The first-order chi connectivity index (χ1) is 12.3. The van der Waals surface area contributed by atoms with Crippen molar-refractivity contribution in [3.05, 3.63) is 70.5 Å². The zero-order chi connectivity index (χ0) is 19.0. The second-order valence-electron chi connectivity index (χ2n) is 6.48. The summed E-state index contributed by atoms with van der Waals surface area (Å²) in [5.74, 6) is -1.40. The molecule has 2 N–H and O–H groups in total. The fraction of sp³-hybridized carbons (Fsp3) is 0.238. The maximum atomic E-state index is 12.8. The molecule has 0 saturated heterocycles. The van der Waals surface area contributed by atoms with Crippen molar-refractivity contribution in [1.29, 1.82) is 0 Å². The molecule has 1 atom stereocenters. The van der Waals surface area contributed by atoms with Crippen molar-refractivity contribution in [2.24, 2.45) is 0 Å². The van der Waals surface area contributed by atoms with Crippen LogP contribution in [0, 0.1) is 13.8 Å². The van der Waals surface area contributed by atoms with Crippen molar-refractivity contribution < 1.29 is 19.8 Å². The second kappa shape index (κ2) is 6.67. The average Bonchev–Trinajstić information content (AvgIpc) is 2.88. The lowest BCUT2D eigenvalue weighted by atomic mass is 9.94. The third-order valence-electron chi connectivity index (χ3n) is 4.78. The third kappa shape index (κ3) is 2.86. The lowest BCUT2D eigenvalue weighted by Crippen LogP contribution is -2.31. The number of hydrogen-bond acceptors (Lipinski definition) is 4. The summed E-state index contributed by atoms with van der Waals surface area (Å²) >= 11 is 0. The minimum atomic E-state index is -0.774. The van der Waals surface area contributed by atoms with Crippen LogP contribution in [0.15, 0.2) is 53.8 Å². The number of rotatable bonds is 4. The van der Waals surface area contributed by atoms with E-state index >= 15 is 0 Å². The predicted octanol–water partition coefficient (Wildman–Crippen LogP) is 3.89. The van der Waals surface area contributed by atoms with Crippen LogP contribution in [0.2, 0.25) is 0 Å². The molecule has 1 amide bonds. The van der Waals surface area contributed by atoms with E-state index in [1.807, 2.05) is 26.0 Å². The number of nitrogens with zero attached hydrogens (tertiary/aromatic N) is 1. The van der Waals surface area contributed by atoms with Crippen LogP contribution >= 0.6 is 0 Å². The summed E-state index contributed by atoms with van der Waals surface area (Å²) in [4.78, 5) is 26.7. The number of aliphatic hydroxyl groups excluding tert-OH is 1. The number of carbonyl (C=O) groups is 2. The highest BCUT2D eigenvalue weighted by molar-refractivity contribution is 6.16. The van der Waals surface area contributed by atoms with E-state index in [2.05, 4.69) is 0 Å². The maximum absolute atomic E-state index is 12.8. The number of Topliss-reactive ketones (excluding diaryl/α,β-unsaturated/α-hetero) is 1. The Balaban J connectivity index is 2.20. The van der Waals surface area contributed by atoms with Crippen LogP contribution in [0.4, 0.5) is 5.69 Å². The third-order valence-corrected chi connectivity index (χ3v) is 4.78. The van der Waals surface area contributed by atoms with Gasteiger partial charge in [-0.25, -0.2) is 0 Å². The maximum Gasteiger partial charge on any atom is 0.294 e. The van der Waals surface area contributed by atoms with E-state index in [-0.39, 0.29) is 23.5 Å². The Labute approximate surface area is 152 Å². The van der Waals surface area contributed by atoms with Crippen molar-refractivity contribution in [1.82, 2.24) is 0 Å². The smallest absolute Gasteiger partial charge is 0.294 e. The summed E-state index contributed by atoms with van der Waals surface area (Å²) in [6.45, 7) is 5.60. The first kappa shape index (κ1) is 17.7. The highest BCUT2D eigenvalue weighted by Crippen LogP contribution is 2.42. The summed E-state index contributed by atoms with van der Waals surface area (Å²) < 4.78 is 0. The van der Waals surface area contributed by atoms with Crippen LogP contribution in [0.25, 0.3) is 0 Å². The van der Waals surface area contributed by atoms with Crippen LogP contribution in [-0.2, 0) is 9.59 Å². The molecule has 0 bridgehead atoms. The topological polar surface area (TPSA) is 77.8 Å². The van der Waals surface area contributed by atoms with Crippen molar-refractivity contribution in [3.63, 3.8) is 0 Å². The lowest BCUT2D eigenvalue weighted by Gasteiger charge is -2.27. The number of aryl methyl sites for hydroxylation is 2. The van der Waals surface area contributed by atoms with Crippen LogP contribution in [-0.4, -0.2) is 21.9 Å². The van der Waals surface area contributed by atoms with Gasteiger partial charge in [-0.3, -0.25) is 14.5 Å². The number of carbonyl (C=O) groups excluding carboxylic acids is 2. The molecule has 3 rings (SSSR count). The van der Waals surface area contributed by atoms with Crippen molar-refractivity contribution in [2.45, 2.75) is 33.2 Å². The molecule has 0 spiro atoms. The summed E-state index contributed by atoms with van der Waals surface area (Å²) in [7, 11) is 0. The molecule has 1 heterocycles. The Kier molecular flexibility index (Phi) is 4.55. The van der Waals surface area contributed by atoms with Gasteiger partial charge in [0.1, 0.15) is 5.75 Å². The van der Waals surface area contributed by atoms with Gasteiger partial charge < -0.3 is 10.2 Å². The molecule has 26 heavy (non-hydrogen) atoms. The van der Waals surface area contributed by atoms with E-state index in [1.165, 1.54) is 17.0 Å². The van der Waals surface area contributed by atoms with Crippen LogP contribution < -0.4 is 4.90 Å². The second-order valence-corrected chi connectivity index (χ2v) is 6.48. The minimum absolute atomic E-state index is 0.0321. The Hall–Kier alpha value is -3.08. The molecular weight excluding hydrogens is 330 g/mol. The quantitative estimate of drug-likeness (QED) is 0.876. The first-order valence-corrected chi connectivity index (χ1v) is 8.51. The van der Waals surface area contributed by atoms with Gasteiger partial charge in [-0.15, -0.1) is 0 Å². The van der Waals surface area contributed by atoms with E-state index in [1.54, 1.807) is 25.1 Å². The molecule has 2 aromatic carbocycles. The predicted molar refractivity (Wildman–Crippen MR) is 99.2 cm³/mol. The summed E-state index contributed by atoms with van der Waals surface area (Å²) in [5.41, 5.74) is 3.31. The van der Waals surface area contributed by atoms with Crippen LogP contribution in [0.5, 0.6) is 5.75 Å². The zero-order valence-electron chi connectivity index (χ0n) is 15.0. The van der Waals surface area contributed by atoms with Gasteiger partial charge in [0, 0.05) is 12.1 Å². The van der Waals surface area contributed by atoms with Crippen molar-refractivity contribution in [3.8, 4) is 5.75 Å². The summed E-state index contributed by atoms with van der Waals surface area (Å²) in [6, 6.07) is 11.2. The summed E-state index contributed by atoms with van der Waals surface area (Å²) in [5, 5.41) is 20.3. The summed E-state index contributed by atoms with van der Waals surface area (Å²) in [6.07, 6.45) is 0.169. The highest BCUT2D eigenvalue weighted by Gasteiger charge is 2.43. The molecular formula is C21H21NO4. The van der Waals surface area contributed by atoms with E-state index in [4.69, 9.17) is 0 Å². The fourth-order valence-corrected chi connectivity index (χ4v) is 3.23. The number of benzene rings is 2. The SMILES string of the molecule is CCC(=O)C1=C(O)C(=O)N(c2ccc(C)c(C)c2)C1c1cccc(O)c1. The molecule has 134 valence electrons. The van der Waals surface area contributed by atoms with E-state index in [0.717, 1.165) is 11.1 Å². The van der Waals surface area contributed by atoms with Gasteiger partial charge in [-0.05, 0) is 54.8 Å². The number of anilines is 1. The number of aliphatic hydroxyl groups is 1. The molecule has 1 aliphatic rings. The molecule has 2 aromatic rings. The fourth-order valence-electron chi connectivity index (χ4n) is 3.23. The molecule has 0 saturated carbocycles. The highest BCUT2D eigenvalue weighted by atomic mass is 16.3. The van der Waals surface area contributed by atoms with Gasteiger partial charge in [0.25, 0.3) is 5.91 Å². The Morgan fingerprint density at radius 3 is 2.42 bits per heavy atom. The van der Waals surface area contributed by atoms with Gasteiger partial charge in [0.05, 0.1) is 11.6 Å². The van der Waals surface area contributed by atoms with E-state index in [9.17, 15) is 19.8 Å². The van der Waals surface area contributed by atoms with Gasteiger partial charge in [0.15, 0.2) is 11.5 Å². The standard InChI is InChI=1S/C21H21NO4/c1-4-17(24)18-19(14-6-5-7-16(23)11-14)22(21(26)20(18)25)15-9-8-12(2)13(3)10-15/h5-11,19,23,25H,4H2,1-3H3. The number of phenols is 1. The number of phenolic OH excluding ortho intramolecular Hbond substituents is 1. The zero-order valence-corrected chi connectivity index (χ0v) is 15.0. The lowest BCUT2D eigenvalue weighted by molar-refractivity contribution is -0.118. The Morgan fingerprint density at radius 1 is 1.08 bits per heavy atom. The van der Waals surface area contributed by atoms with E-state index < -0.39 is 17.7 Å². The van der Waals surface area contributed by atoms with Gasteiger partial charge >= 0.3 is 0 Å². The Morgan fingerprint density at radius 2 is 1.81 bits per heavy atom. The molecule has 5 heteroatoms. The van der Waals surface area contributed by atoms with Crippen LogP contribution in [0.3, 0.4) is 0 Å². The normalized spacial score (nSPS) is 17.1. The van der Waals surface area contributed by atoms with Crippen molar-refractivity contribution >= 4 is 17.4 Å². The number of amides is 1. The molecule has 1 aliphatic heterocycles. The monoisotopic (exact) mass is 351 g/mol. The minimum Gasteiger partial charge on any atom is -0.508 e. The average molecular weight is 351 g/mol. The molecule has 0 radical (unpaired) electrons. The number of hydrogen-bond donors (Lipinski definition) is 2. The van der Waals surface area contributed by atoms with Crippen molar-refractivity contribution in [2.75, 3.05) is 4.90 Å². The molecule has 0 fully saturated rings. The Bertz CT molecular complexity index is 929. The first-order valence-electron chi connectivity index (χ1n) is 8.51. The van der Waals surface area contributed by atoms with Gasteiger partial charge in [-0.1, -0.05) is 25.1 Å². The molecule has 0 aliphatic carbocycles. The van der Waals surface area contributed by atoms with Crippen LogP contribution in [0.1, 0.15) is 36.1 Å².